The lowest BCUT2D eigenvalue weighted by molar-refractivity contribution is 0.0951. The van der Waals surface area contributed by atoms with Crippen molar-refractivity contribution in [1.29, 1.82) is 0 Å². The summed E-state index contributed by atoms with van der Waals surface area (Å²) in [4.78, 5) is 11.7. The van der Waals surface area contributed by atoms with Crippen molar-refractivity contribution < 1.29 is 14.3 Å². The fraction of sp³-hybridized carbons (Fsp3) is 0.533. The highest BCUT2D eigenvalue weighted by molar-refractivity contribution is 5.95. The van der Waals surface area contributed by atoms with Gasteiger partial charge in [-0.1, -0.05) is 13.3 Å². The molecule has 0 atom stereocenters. The first-order valence-electron chi connectivity index (χ1n) is 7.07. The number of benzene rings is 1. The molecule has 0 heterocycles. The Kier molecular flexibility index (Phi) is 7.50. The second-order valence-corrected chi connectivity index (χ2v) is 4.43. The molecule has 0 fully saturated rings. The molecule has 112 valence electrons. The third kappa shape index (κ3) is 5.48. The van der Waals surface area contributed by atoms with E-state index in [1.165, 1.54) is 0 Å². The maximum Gasteiger partial charge on any atom is 0.251 e. The molecule has 5 nitrogen and oxygen atoms in total. The number of nitrogens with two attached hydrogens (primary N) is 1. The Morgan fingerprint density at radius 1 is 1.25 bits per heavy atom. The Hall–Kier alpha value is -1.75. The van der Waals surface area contributed by atoms with Crippen molar-refractivity contribution in [3.63, 3.8) is 0 Å². The minimum absolute atomic E-state index is 0.128. The summed E-state index contributed by atoms with van der Waals surface area (Å²) in [6.07, 6.45) is 2.16. The average Bonchev–Trinajstić information content (AvgIpc) is 2.44. The van der Waals surface area contributed by atoms with Crippen LogP contribution in [0.15, 0.2) is 18.2 Å². The molecule has 20 heavy (non-hydrogen) atoms. The van der Waals surface area contributed by atoms with E-state index in [1.807, 2.05) is 6.92 Å². The van der Waals surface area contributed by atoms with Gasteiger partial charge in [-0.25, -0.2) is 0 Å². The number of ether oxygens (including phenoxy) is 2. The minimum atomic E-state index is -0.128. The van der Waals surface area contributed by atoms with E-state index in [2.05, 4.69) is 12.2 Å². The number of rotatable bonds is 9. The third-order valence-electron chi connectivity index (χ3n) is 2.74. The van der Waals surface area contributed by atoms with Gasteiger partial charge in [0, 0.05) is 18.7 Å². The standard InChI is InChI=1S/C15H24N2O3/c1-3-5-8-19-9-10-20-14-11-12(6-7-13(14)16)15(18)17-4-2/h6-7,11H,3-5,8-10,16H2,1-2H3,(H,17,18). The molecule has 1 aromatic carbocycles. The van der Waals surface area contributed by atoms with Crippen molar-refractivity contribution in [3.05, 3.63) is 23.8 Å². The zero-order chi connectivity index (χ0) is 14.8. The molecule has 3 N–H and O–H groups in total. The smallest absolute Gasteiger partial charge is 0.251 e. The summed E-state index contributed by atoms with van der Waals surface area (Å²) in [5.41, 5.74) is 6.89. The Labute approximate surface area is 120 Å². The molecule has 1 amide bonds. The van der Waals surface area contributed by atoms with Crippen LogP contribution in [0.2, 0.25) is 0 Å². The summed E-state index contributed by atoms with van der Waals surface area (Å²) in [6, 6.07) is 5.02. The van der Waals surface area contributed by atoms with Gasteiger partial charge in [-0.05, 0) is 31.5 Å². The SMILES string of the molecule is CCCCOCCOc1cc(C(=O)NCC)ccc1N. The van der Waals surface area contributed by atoms with Crippen LogP contribution >= 0.6 is 0 Å². The molecule has 0 aromatic heterocycles. The summed E-state index contributed by atoms with van der Waals surface area (Å²) in [7, 11) is 0. The maximum atomic E-state index is 11.7. The van der Waals surface area contributed by atoms with Crippen LogP contribution in [0, 0.1) is 0 Å². The number of hydrogen-bond donors (Lipinski definition) is 2. The number of nitrogens with one attached hydrogen (secondary N) is 1. The van der Waals surface area contributed by atoms with Gasteiger partial charge < -0.3 is 20.5 Å². The predicted octanol–water partition coefficient (Wildman–Crippen LogP) is 2.21. The van der Waals surface area contributed by atoms with Gasteiger partial charge in [0.05, 0.1) is 12.3 Å². The molecular formula is C15H24N2O3. The lowest BCUT2D eigenvalue weighted by atomic mass is 10.2. The highest BCUT2D eigenvalue weighted by Crippen LogP contribution is 2.22. The zero-order valence-corrected chi connectivity index (χ0v) is 12.3. The first-order valence-corrected chi connectivity index (χ1v) is 7.07. The Balaban J connectivity index is 2.48. The highest BCUT2D eigenvalue weighted by Gasteiger charge is 2.08. The zero-order valence-electron chi connectivity index (χ0n) is 12.3. The first-order chi connectivity index (χ1) is 9.69. The van der Waals surface area contributed by atoms with Crippen LogP contribution in [-0.2, 0) is 4.74 Å². The fourth-order valence-electron chi connectivity index (χ4n) is 1.62. The second kappa shape index (κ2) is 9.20. The molecule has 0 radical (unpaired) electrons. The monoisotopic (exact) mass is 280 g/mol. The molecular weight excluding hydrogens is 256 g/mol. The van der Waals surface area contributed by atoms with Crippen molar-refractivity contribution in [2.75, 3.05) is 32.1 Å². The van der Waals surface area contributed by atoms with Crippen LogP contribution in [-0.4, -0.2) is 32.3 Å². The second-order valence-electron chi connectivity index (χ2n) is 4.43. The van der Waals surface area contributed by atoms with Gasteiger partial charge in [0.2, 0.25) is 0 Å². The number of carbonyl (C=O) groups excluding carboxylic acids is 1. The molecule has 0 saturated carbocycles. The third-order valence-corrected chi connectivity index (χ3v) is 2.74. The number of nitrogen functional groups attached to an aromatic ring is 1. The first kappa shape index (κ1) is 16.3. The number of hydrogen-bond acceptors (Lipinski definition) is 4. The Morgan fingerprint density at radius 3 is 2.75 bits per heavy atom. The normalized spacial score (nSPS) is 10.3. The Bertz CT molecular complexity index is 422. The lowest BCUT2D eigenvalue weighted by Gasteiger charge is -2.11. The molecule has 0 aliphatic rings. The molecule has 0 saturated heterocycles. The fourth-order valence-corrected chi connectivity index (χ4v) is 1.62. The van der Waals surface area contributed by atoms with Crippen LogP contribution < -0.4 is 15.8 Å². The van der Waals surface area contributed by atoms with E-state index in [9.17, 15) is 4.79 Å². The van der Waals surface area contributed by atoms with Crippen molar-refractivity contribution in [3.8, 4) is 5.75 Å². The van der Waals surface area contributed by atoms with Gasteiger partial charge in [-0.15, -0.1) is 0 Å². The van der Waals surface area contributed by atoms with Crippen LogP contribution in [0.3, 0.4) is 0 Å². The van der Waals surface area contributed by atoms with Crippen LogP contribution in [0.5, 0.6) is 5.75 Å². The highest BCUT2D eigenvalue weighted by atomic mass is 16.5. The molecule has 0 aliphatic heterocycles. The van der Waals surface area contributed by atoms with Gasteiger partial charge >= 0.3 is 0 Å². The molecule has 1 aromatic rings. The van der Waals surface area contributed by atoms with Crippen molar-refractivity contribution in [1.82, 2.24) is 5.32 Å². The van der Waals surface area contributed by atoms with Crippen molar-refractivity contribution >= 4 is 11.6 Å². The number of anilines is 1. The van der Waals surface area contributed by atoms with Gasteiger partial charge in [0.1, 0.15) is 12.4 Å². The van der Waals surface area contributed by atoms with Crippen molar-refractivity contribution in [2.45, 2.75) is 26.7 Å². The van der Waals surface area contributed by atoms with E-state index < -0.39 is 0 Å². The van der Waals surface area contributed by atoms with E-state index in [0.717, 1.165) is 19.4 Å². The predicted molar refractivity (Wildman–Crippen MR) is 80.1 cm³/mol. The van der Waals surface area contributed by atoms with E-state index in [-0.39, 0.29) is 5.91 Å². The molecule has 5 heteroatoms. The average molecular weight is 280 g/mol. The summed E-state index contributed by atoms with van der Waals surface area (Å²) in [5, 5.41) is 2.74. The van der Waals surface area contributed by atoms with Gasteiger partial charge in [0.15, 0.2) is 0 Å². The molecule has 0 bridgehead atoms. The van der Waals surface area contributed by atoms with Gasteiger partial charge in [-0.3, -0.25) is 4.79 Å². The van der Waals surface area contributed by atoms with Crippen LogP contribution in [0.1, 0.15) is 37.0 Å². The minimum Gasteiger partial charge on any atom is -0.489 e. The quantitative estimate of drug-likeness (QED) is 0.537. The molecule has 1 rings (SSSR count). The number of unbranched alkanes of at least 4 members (excludes halogenated alkanes) is 1. The van der Waals surface area contributed by atoms with Crippen LogP contribution in [0.4, 0.5) is 5.69 Å². The molecule has 0 unspecified atom stereocenters. The van der Waals surface area contributed by atoms with Crippen LogP contribution in [0.25, 0.3) is 0 Å². The summed E-state index contributed by atoms with van der Waals surface area (Å²) in [5.74, 6) is 0.393. The summed E-state index contributed by atoms with van der Waals surface area (Å²) < 4.78 is 11.0. The molecule has 0 aliphatic carbocycles. The van der Waals surface area contributed by atoms with Gasteiger partial charge in [0.25, 0.3) is 5.91 Å². The molecule has 0 spiro atoms. The topological polar surface area (TPSA) is 73.6 Å². The number of carbonyl (C=O) groups is 1. The van der Waals surface area contributed by atoms with Crippen molar-refractivity contribution in [2.24, 2.45) is 0 Å². The largest absolute Gasteiger partial charge is 0.489 e. The summed E-state index contributed by atoms with van der Waals surface area (Å²) in [6.45, 7) is 6.27. The Morgan fingerprint density at radius 2 is 2.05 bits per heavy atom. The summed E-state index contributed by atoms with van der Waals surface area (Å²) >= 11 is 0. The van der Waals surface area contributed by atoms with E-state index in [4.69, 9.17) is 15.2 Å². The van der Waals surface area contributed by atoms with E-state index in [1.54, 1.807) is 18.2 Å². The maximum absolute atomic E-state index is 11.7. The van der Waals surface area contributed by atoms with E-state index >= 15 is 0 Å². The van der Waals surface area contributed by atoms with E-state index in [0.29, 0.717) is 36.8 Å². The lowest BCUT2D eigenvalue weighted by Crippen LogP contribution is -2.22. The number of amides is 1. The van der Waals surface area contributed by atoms with Gasteiger partial charge in [-0.2, -0.15) is 0 Å².